The molecule has 0 bridgehead atoms. The largest absolute Gasteiger partial charge is 0.337 e. The summed E-state index contributed by atoms with van der Waals surface area (Å²) >= 11 is 0. The van der Waals surface area contributed by atoms with Gasteiger partial charge in [0.15, 0.2) is 0 Å². The van der Waals surface area contributed by atoms with Crippen LogP contribution in [0.4, 0.5) is 0 Å². The number of nitrogens with one attached hydrogen (secondary N) is 1. The number of carbonyl (C=O) groups excluding carboxylic acids is 1. The molecular weight excluding hydrogens is 356 g/mol. The lowest BCUT2D eigenvalue weighted by Gasteiger charge is -2.31. The van der Waals surface area contributed by atoms with Gasteiger partial charge in [-0.05, 0) is 31.0 Å². The summed E-state index contributed by atoms with van der Waals surface area (Å²) in [5.41, 5.74) is 1.61. The highest BCUT2D eigenvalue weighted by atomic mass is 16.2. The third-order valence-corrected chi connectivity index (χ3v) is 5.30. The minimum atomic E-state index is -0.163. The molecule has 140 valence electrons. The number of amides is 1. The van der Waals surface area contributed by atoms with E-state index in [1.54, 1.807) is 29.1 Å². The molecule has 0 aliphatic carbocycles. The van der Waals surface area contributed by atoms with Gasteiger partial charge in [-0.15, -0.1) is 0 Å². The second-order valence-electron chi connectivity index (χ2n) is 7.01. The first-order valence-electron chi connectivity index (χ1n) is 9.26. The van der Waals surface area contributed by atoms with Gasteiger partial charge in [0, 0.05) is 54.9 Å². The van der Waals surface area contributed by atoms with Crippen LogP contribution in [0.1, 0.15) is 34.9 Å². The second-order valence-corrected chi connectivity index (χ2v) is 7.01. The number of carbonyl (C=O) groups is 1. The minimum absolute atomic E-state index is 0.0832. The highest BCUT2D eigenvalue weighted by Gasteiger charge is 2.26. The monoisotopic (exact) mass is 374 g/mol. The van der Waals surface area contributed by atoms with E-state index in [1.165, 1.54) is 0 Å². The highest BCUT2D eigenvalue weighted by Crippen LogP contribution is 2.28. The van der Waals surface area contributed by atoms with Crippen LogP contribution in [0.5, 0.6) is 0 Å². The van der Waals surface area contributed by atoms with Crippen molar-refractivity contribution >= 4 is 22.6 Å². The van der Waals surface area contributed by atoms with Gasteiger partial charge in [-0.1, -0.05) is 6.07 Å². The smallest absolute Gasteiger partial charge is 0.274 e. The summed E-state index contributed by atoms with van der Waals surface area (Å²) < 4.78 is 1.74. The second kappa shape index (κ2) is 6.56. The number of rotatable bonds is 2. The fraction of sp³-hybridized carbons (Fsp3) is 0.250. The number of nitrogens with zero attached hydrogens (tertiary/aromatic N) is 5. The van der Waals surface area contributed by atoms with Crippen molar-refractivity contribution in [1.82, 2.24) is 29.2 Å². The van der Waals surface area contributed by atoms with Crippen LogP contribution < -0.4 is 5.56 Å². The zero-order valence-corrected chi connectivity index (χ0v) is 15.1. The number of hydrogen-bond donors (Lipinski definition) is 1. The van der Waals surface area contributed by atoms with Crippen molar-refractivity contribution in [3.8, 4) is 0 Å². The van der Waals surface area contributed by atoms with Gasteiger partial charge in [-0.3, -0.25) is 19.0 Å². The van der Waals surface area contributed by atoms with Crippen molar-refractivity contribution in [2.75, 3.05) is 13.1 Å². The predicted molar refractivity (Wildman–Crippen MR) is 103 cm³/mol. The number of H-pyrrole nitrogens is 1. The Balaban J connectivity index is 1.33. The Kier molecular flexibility index (Phi) is 3.89. The number of piperidine rings is 1. The zero-order valence-electron chi connectivity index (χ0n) is 15.1. The van der Waals surface area contributed by atoms with E-state index < -0.39 is 0 Å². The number of aromatic amines is 1. The number of hydrogen-bond acceptors (Lipinski definition) is 5. The molecule has 5 heterocycles. The lowest BCUT2D eigenvalue weighted by Crippen LogP contribution is -2.38. The standard InChI is InChI=1S/C20H18N6O2/c27-18-17-14(3-1-6-21-17)11-15(23-18)13-4-9-25(10-5-13)19(28)16-12-26-8-2-7-22-20(26)24-16/h1-3,6-8,11-13H,4-5,9-10H2,(H,23,27). The molecule has 0 unspecified atom stereocenters. The number of likely N-dealkylation sites (tertiary alicyclic amines) is 1. The van der Waals surface area contributed by atoms with Crippen LogP contribution in [0.25, 0.3) is 16.7 Å². The summed E-state index contributed by atoms with van der Waals surface area (Å²) in [6.45, 7) is 1.25. The third kappa shape index (κ3) is 2.83. The van der Waals surface area contributed by atoms with Crippen LogP contribution in [0, 0.1) is 0 Å². The molecule has 1 amide bonds. The van der Waals surface area contributed by atoms with Gasteiger partial charge in [0.25, 0.3) is 11.5 Å². The topological polar surface area (TPSA) is 96.2 Å². The molecule has 1 fully saturated rings. The molecule has 8 nitrogen and oxygen atoms in total. The fourth-order valence-corrected chi connectivity index (χ4v) is 3.83. The summed E-state index contributed by atoms with van der Waals surface area (Å²) in [5, 5.41) is 0.844. The lowest BCUT2D eigenvalue weighted by molar-refractivity contribution is 0.0707. The molecule has 0 spiro atoms. The maximum atomic E-state index is 12.8. The van der Waals surface area contributed by atoms with E-state index in [0.717, 1.165) is 23.9 Å². The normalized spacial score (nSPS) is 15.4. The van der Waals surface area contributed by atoms with E-state index in [4.69, 9.17) is 0 Å². The van der Waals surface area contributed by atoms with E-state index >= 15 is 0 Å². The van der Waals surface area contributed by atoms with Crippen LogP contribution in [-0.4, -0.2) is 48.2 Å². The van der Waals surface area contributed by atoms with Crippen molar-refractivity contribution in [2.24, 2.45) is 0 Å². The van der Waals surface area contributed by atoms with Gasteiger partial charge in [0.2, 0.25) is 5.78 Å². The predicted octanol–water partition coefficient (Wildman–Crippen LogP) is 1.99. The van der Waals surface area contributed by atoms with Gasteiger partial charge >= 0.3 is 0 Å². The molecule has 0 radical (unpaired) electrons. The summed E-state index contributed by atoms with van der Waals surface area (Å²) in [4.78, 5) is 42.5. The van der Waals surface area contributed by atoms with Gasteiger partial charge in [0.05, 0.1) is 0 Å². The molecular formula is C20H18N6O2. The highest BCUT2D eigenvalue weighted by molar-refractivity contribution is 5.92. The Hall–Kier alpha value is -3.55. The molecule has 4 aromatic rings. The minimum Gasteiger partial charge on any atom is -0.337 e. The van der Waals surface area contributed by atoms with Crippen molar-refractivity contribution in [2.45, 2.75) is 18.8 Å². The summed E-state index contributed by atoms with van der Waals surface area (Å²) in [7, 11) is 0. The van der Waals surface area contributed by atoms with Gasteiger partial charge in [0.1, 0.15) is 11.2 Å². The van der Waals surface area contributed by atoms with Gasteiger partial charge < -0.3 is 9.88 Å². The molecule has 5 rings (SSSR count). The van der Waals surface area contributed by atoms with Crippen molar-refractivity contribution in [3.63, 3.8) is 0 Å². The third-order valence-electron chi connectivity index (χ3n) is 5.30. The van der Waals surface area contributed by atoms with E-state index in [0.29, 0.717) is 30.1 Å². The first-order valence-corrected chi connectivity index (χ1v) is 9.26. The van der Waals surface area contributed by atoms with Crippen molar-refractivity contribution < 1.29 is 4.79 Å². The average molecular weight is 374 g/mol. The number of fused-ring (bicyclic) bond motifs is 2. The van der Waals surface area contributed by atoms with E-state index in [9.17, 15) is 9.59 Å². The van der Waals surface area contributed by atoms with Crippen LogP contribution in [-0.2, 0) is 0 Å². The summed E-state index contributed by atoms with van der Waals surface area (Å²) in [6.07, 6.45) is 8.39. The molecule has 0 atom stereocenters. The summed E-state index contributed by atoms with van der Waals surface area (Å²) in [5.74, 6) is 0.646. The van der Waals surface area contributed by atoms with Crippen LogP contribution in [0.15, 0.2) is 53.8 Å². The van der Waals surface area contributed by atoms with E-state index in [-0.39, 0.29) is 17.4 Å². The summed E-state index contributed by atoms with van der Waals surface area (Å²) in [6, 6.07) is 7.53. The molecule has 4 aromatic heterocycles. The van der Waals surface area contributed by atoms with Gasteiger partial charge in [-0.25, -0.2) is 9.97 Å². The zero-order chi connectivity index (χ0) is 19.1. The van der Waals surface area contributed by atoms with E-state index in [1.807, 2.05) is 29.3 Å². The number of aromatic nitrogens is 5. The molecule has 1 aliphatic heterocycles. The average Bonchev–Trinajstić information content (AvgIpc) is 3.18. The Bertz CT molecular complexity index is 1200. The Morgan fingerprint density at radius 2 is 1.96 bits per heavy atom. The Labute approximate surface area is 159 Å². The first-order chi connectivity index (χ1) is 13.7. The SMILES string of the molecule is O=C(c1cn2cccnc2n1)N1CCC(c2cc3cccnc3c(=O)[nH]2)CC1. The Morgan fingerprint density at radius 3 is 2.79 bits per heavy atom. The van der Waals surface area contributed by atoms with Gasteiger partial charge in [-0.2, -0.15) is 0 Å². The van der Waals surface area contributed by atoms with E-state index in [2.05, 4.69) is 19.9 Å². The Morgan fingerprint density at radius 1 is 1.14 bits per heavy atom. The molecule has 0 saturated carbocycles. The molecule has 0 aromatic carbocycles. The number of pyridine rings is 2. The van der Waals surface area contributed by atoms with Crippen LogP contribution in [0.3, 0.4) is 0 Å². The first kappa shape index (κ1) is 16.6. The fourth-order valence-electron chi connectivity index (χ4n) is 3.83. The van der Waals surface area contributed by atoms with Crippen molar-refractivity contribution in [1.29, 1.82) is 0 Å². The molecule has 8 heteroatoms. The maximum Gasteiger partial charge on any atom is 0.274 e. The molecule has 28 heavy (non-hydrogen) atoms. The number of imidazole rings is 1. The molecule has 1 N–H and O–H groups in total. The van der Waals surface area contributed by atoms with Crippen molar-refractivity contribution in [3.05, 3.63) is 70.8 Å². The van der Waals surface area contributed by atoms with Crippen LogP contribution in [0.2, 0.25) is 0 Å². The van der Waals surface area contributed by atoms with Crippen LogP contribution >= 0.6 is 0 Å². The maximum absolute atomic E-state index is 12.8. The lowest BCUT2D eigenvalue weighted by atomic mass is 9.92. The molecule has 1 aliphatic rings. The quantitative estimate of drug-likeness (QED) is 0.579. The molecule has 1 saturated heterocycles.